The van der Waals surface area contributed by atoms with E-state index < -0.39 is 0 Å². The smallest absolute Gasteiger partial charge is 0.269 e. The highest BCUT2D eigenvalue weighted by atomic mass is 35.5. The first-order chi connectivity index (χ1) is 16.7. The van der Waals surface area contributed by atoms with Gasteiger partial charge in [0.15, 0.2) is 17.1 Å². The number of aromatic nitrogens is 4. The Balaban J connectivity index is 0.00000289. The molecule has 0 radical (unpaired) electrons. The highest BCUT2D eigenvalue weighted by molar-refractivity contribution is 5.85. The van der Waals surface area contributed by atoms with Crippen molar-refractivity contribution in [2.24, 2.45) is 0 Å². The van der Waals surface area contributed by atoms with Crippen molar-refractivity contribution >= 4 is 23.6 Å². The molecular weight excluding hydrogens is 472 g/mol. The molecule has 0 saturated carbocycles. The first kappa shape index (κ1) is 25.2. The molecule has 0 aliphatic carbocycles. The quantitative estimate of drug-likeness (QED) is 0.519. The first-order valence-electron chi connectivity index (χ1n) is 11.8. The lowest BCUT2D eigenvalue weighted by Gasteiger charge is -2.32. The number of rotatable bonds is 7. The average molecular weight is 503 g/mol. The average Bonchev–Trinajstić information content (AvgIpc) is 3.12. The van der Waals surface area contributed by atoms with Crippen molar-refractivity contribution in [1.29, 1.82) is 0 Å². The van der Waals surface area contributed by atoms with Crippen LogP contribution < -0.4 is 25.1 Å². The summed E-state index contributed by atoms with van der Waals surface area (Å²) in [5.41, 5.74) is 2.08. The van der Waals surface area contributed by atoms with Gasteiger partial charge >= 0.3 is 0 Å². The van der Waals surface area contributed by atoms with Crippen molar-refractivity contribution in [3.63, 3.8) is 0 Å². The third kappa shape index (κ3) is 6.01. The Morgan fingerprint density at radius 1 is 1.03 bits per heavy atom. The van der Waals surface area contributed by atoms with Gasteiger partial charge in [0.2, 0.25) is 0 Å². The zero-order valence-corrected chi connectivity index (χ0v) is 20.6. The Morgan fingerprint density at radius 3 is 2.60 bits per heavy atom. The molecule has 0 aromatic carbocycles. The predicted molar refractivity (Wildman–Crippen MR) is 134 cm³/mol. The molecule has 0 atom stereocenters. The fraction of sp³-hybridized carbons (Fsp3) is 0.500. The second-order valence-electron chi connectivity index (χ2n) is 8.64. The lowest BCUT2D eigenvalue weighted by molar-refractivity contribution is 0.191. The summed E-state index contributed by atoms with van der Waals surface area (Å²) >= 11 is 0. The summed E-state index contributed by atoms with van der Waals surface area (Å²) in [6.07, 6.45) is 7.70. The topological polar surface area (TPSA) is 104 Å². The number of ether oxygens (including phenoxy) is 3. The molecule has 2 aliphatic rings. The number of piperidine rings is 1. The van der Waals surface area contributed by atoms with E-state index in [1.807, 2.05) is 12.1 Å². The predicted octanol–water partition coefficient (Wildman–Crippen LogP) is 2.03. The van der Waals surface area contributed by atoms with E-state index in [0.717, 1.165) is 56.1 Å². The minimum absolute atomic E-state index is 0. The van der Waals surface area contributed by atoms with Crippen LogP contribution in [0.4, 0.5) is 0 Å². The highest BCUT2D eigenvalue weighted by Gasteiger charge is 2.20. The van der Waals surface area contributed by atoms with Gasteiger partial charge in [0.05, 0.1) is 50.1 Å². The molecule has 5 heterocycles. The molecule has 35 heavy (non-hydrogen) atoms. The summed E-state index contributed by atoms with van der Waals surface area (Å²) in [4.78, 5) is 27.8. The van der Waals surface area contributed by atoms with Crippen LogP contribution in [0, 0.1) is 0 Å². The van der Waals surface area contributed by atoms with E-state index in [0.29, 0.717) is 49.3 Å². The van der Waals surface area contributed by atoms with E-state index >= 15 is 0 Å². The molecule has 3 aromatic rings. The summed E-state index contributed by atoms with van der Waals surface area (Å²) in [5.74, 6) is 2.12. The molecule has 10 nitrogen and oxygen atoms in total. The van der Waals surface area contributed by atoms with Crippen LogP contribution in [0.5, 0.6) is 17.2 Å². The number of hydrogen-bond acceptors (Lipinski definition) is 9. The molecule has 1 fully saturated rings. The normalized spacial score (nSPS) is 16.5. The Morgan fingerprint density at radius 2 is 1.80 bits per heavy atom. The number of hydrogen-bond donors (Lipinski definition) is 1. The number of halogens is 1. The number of likely N-dealkylation sites (tertiary alicyclic amines) is 1. The fourth-order valence-corrected chi connectivity index (χ4v) is 4.43. The van der Waals surface area contributed by atoms with Crippen LogP contribution in [-0.4, -0.2) is 70.4 Å². The zero-order chi connectivity index (χ0) is 23.3. The van der Waals surface area contributed by atoms with E-state index in [9.17, 15) is 4.79 Å². The molecule has 5 rings (SSSR count). The second kappa shape index (κ2) is 11.7. The molecule has 188 valence electrons. The van der Waals surface area contributed by atoms with Gasteiger partial charge in [-0.05, 0) is 25.9 Å². The molecule has 1 N–H and O–H groups in total. The van der Waals surface area contributed by atoms with E-state index in [-0.39, 0.29) is 18.0 Å². The van der Waals surface area contributed by atoms with Gasteiger partial charge in [0, 0.05) is 44.2 Å². The van der Waals surface area contributed by atoms with Gasteiger partial charge in [-0.2, -0.15) is 0 Å². The molecule has 3 aromatic heterocycles. The lowest BCUT2D eigenvalue weighted by Crippen LogP contribution is -2.43. The molecule has 1 saturated heterocycles. The Bertz CT molecular complexity index is 1200. The molecule has 0 amide bonds. The summed E-state index contributed by atoms with van der Waals surface area (Å²) in [7, 11) is 1.59. The minimum Gasteiger partial charge on any atom is -0.495 e. The Hall–Kier alpha value is -2.95. The van der Waals surface area contributed by atoms with Gasteiger partial charge in [-0.25, -0.2) is 9.97 Å². The molecular formula is C24H31ClN6O4. The van der Waals surface area contributed by atoms with Gasteiger partial charge in [-0.15, -0.1) is 12.4 Å². The van der Waals surface area contributed by atoms with Crippen molar-refractivity contribution in [3.8, 4) is 17.2 Å². The number of pyridine rings is 2. The molecule has 2 aliphatic heterocycles. The summed E-state index contributed by atoms with van der Waals surface area (Å²) in [6.45, 7) is 5.39. The highest BCUT2D eigenvalue weighted by Crippen LogP contribution is 2.29. The van der Waals surface area contributed by atoms with Crippen LogP contribution in [0.15, 0.2) is 35.5 Å². The van der Waals surface area contributed by atoms with Crippen LogP contribution in [0.1, 0.15) is 25.0 Å². The van der Waals surface area contributed by atoms with E-state index in [1.54, 1.807) is 24.1 Å². The fourth-order valence-electron chi connectivity index (χ4n) is 4.43. The largest absolute Gasteiger partial charge is 0.495 e. The van der Waals surface area contributed by atoms with Crippen LogP contribution in [0.25, 0.3) is 11.2 Å². The molecule has 11 heteroatoms. The summed E-state index contributed by atoms with van der Waals surface area (Å²) < 4.78 is 18.4. The third-order valence-electron chi connectivity index (χ3n) is 6.40. The summed E-state index contributed by atoms with van der Waals surface area (Å²) in [6, 6.07) is 4.23. The maximum Gasteiger partial charge on any atom is 0.269 e. The molecule has 0 unspecified atom stereocenters. The maximum atomic E-state index is 12.5. The maximum absolute atomic E-state index is 12.5. The first-order valence-corrected chi connectivity index (χ1v) is 11.8. The van der Waals surface area contributed by atoms with Gasteiger partial charge in [-0.1, -0.05) is 0 Å². The van der Waals surface area contributed by atoms with E-state index in [1.165, 1.54) is 6.20 Å². The van der Waals surface area contributed by atoms with Gasteiger partial charge < -0.3 is 29.0 Å². The number of nitrogens with one attached hydrogen (secondary N) is 1. The van der Waals surface area contributed by atoms with Gasteiger partial charge in [0.1, 0.15) is 5.75 Å². The van der Waals surface area contributed by atoms with Crippen molar-refractivity contribution in [3.05, 3.63) is 46.8 Å². The van der Waals surface area contributed by atoms with Crippen LogP contribution in [-0.2, 0) is 13.1 Å². The van der Waals surface area contributed by atoms with E-state index in [4.69, 9.17) is 14.2 Å². The van der Waals surface area contributed by atoms with Crippen molar-refractivity contribution in [2.75, 3.05) is 40.0 Å². The summed E-state index contributed by atoms with van der Waals surface area (Å²) in [5, 5.41) is 3.63. The minimum atomic E-state index is -0.123. The Labute approximate surface area is 210 Å². The van der Waals surface area contributed by atoms with Gasteiger partial charge in [-0.3, -0.25) is 9.78 Å². The molecule has 0 spiro atoms. The second-order valence-corrected chi connectivity index (χ2v) is 8.64. The van der Waals surface area contributed by atoms with Crippen LogP contribution >= 0.6 is 12.4 Å². The Kier molecular flexibility index (Phi) is 8.37. The van der Waals surface area contributed by atoms with Crippen LogP contribution in [0.2, 0.25) is 0 Å². The number of methoxy groups -OCH3 is 1. The van der Waals surface area contributed by atoms with E-state index in [2.05, 4.69) is 25.2 Å². The van der Waals surface area contributed by atoms with Crippen molar-refractivity contribution in [2.45, 2.75) is 38.4 Å². The van der Waals surface area contributed by atoms with Crippen molar-refractivity contribution < 1.29 is 14.2 Å². The SMILES string of the molecule is COc1cnc2ncc(=O)n(CCN3CCC(NCc4cc5c(cn4)OCCCO5)CC3)c2c1.Cl. The van der Waals surface area contributed by atoms with Crippen molar-refractivity contribution in [1.82, 2.24) is 29.7 Å². The third-order valence-corrected chi connectivity index (χ3v) is 6.40. The lowest BCUT2D eigenvalue weighted by atomic mass is 10.0. The number of nitrogens with zero attached hydrogens (tertiary/aromatic N) is 5. The van der Waals surface area contributed by atoms with Crippen LogP contribution in [0.3, 0.4) is 0 Å². The monoisotopic (exact) mass is 502 g/mol. The molecule has 0 bridgehead atoms. The zero-order valence-electron chi connectivity index (χ0n) is 19.8. The standard InChI is InChI=1S/C24H30N6O4.ClH/c1-32-19-12-20-24(27-14-19)28-16-23(31)30(20)8-7-29-5-3-17(4-6-29)25-13-18-11-21-22(15-26-18)34-10-2-9-33-21;/h11-12,14-17,25H,2-10,13H2,1H3;1H. The number of fused-ring (bicyclic) bond motifs is 2. The van der Waals surface area contributed by atoms with Gasteiger partial charge in [0.25, 0.3) is 5.56 Å².